The van der Waals surface area contributed by atoms with Gasteiger partial charge in [0.15, 0.2) is 0 Å². The molecule has 2 rings (SSSR count). The fourth-order valence-electron chi connectivity index (χ4n) is 2.74. The molecule has 0 spiro atoms. The van der Waals surface area contributed by atoms with E-state index in [1.54, 1.807) is 18.2 Å². The predicted molar refractivity (Wildman–Crippen MR) is 87.3 cm³/mol. The Hall–Kier alpha value is -1.91. The largest absolute Gasteiger partial charge is 0.353 e. The first-order valence-corrected chi connectivity index (χ1v) is 8.29. The number of hydrogen-bond acceptors (Lipinski definition) is 2. The van der Waals surface area contributed by atoms with Gasteiger partial charge in [-0.1, -0.05) is 32.0 Å². The van der Waals surface area contributed by atoms with E-state index >= 15 is 0 Å². The zero-order chi connectivity index (χ0) is 16.8. The summed E-state index contributed by atoms with van der Waals surface area (Å²) in [5.41, 5.74) is 0.583. The molecule has 0 unspecified atom stereocenters. The lowest BCUT2D eigenvalue weighted by atomic mass is 10.0. The number of amides is 2. The maximum absolute atomic E-state index is 13.6. The van der Waals surface area contributed by atoms with Crippen molar-refractivity contribution in [1.29, 1.82) is 0 Å². The van der Waals surface area contributed by atoms with Crippen LogP contribution in [0.25, 0.3) is 0 Å². The second kappa shape index (κ2) is 8.09. The Morgan fingerprint density at radius 1 is 1.26 bits per heavy atom. The maximum Gasteiger partial charge on any atom is 0.222 e. The van der Waals surface area contributed by atoms with Gasteiger partial charge in [-0.2, -0.15) is 0 Å². The topological polar surface area (TPSA) is 49.4 Å². The molecule has 23 heavy (non-hydrogen) atoms. The molecule has 1 N–H and O–H groups in total. The van der Waals surface area contributed by atoms with Crippen LogP contribution < -0.4 is 5.32 Å². The minimum atomic E-state index is -0.254. The summed E-state index contributed by atoms with van der Waals surface area (Å²) in [6, 6.07) is 6.72. The summed E-state index contributed by atoms with van der Waals surface area (Å²) < 4.78 is 13.6. The van der Waals surface area contributed by atoms with E-state index in [0.717, 1.165) is 12.8 Å². The highest BCUT2D eigenvalue weighted by molar-refractivity contribution is 5.78. The first kappa shape index (κ1) is 17.4. The van der Waals surface area contributed by atoms with Crippen molar-refractivity contribution in [2.24, 2.45) is 5.92 Å². The van der Waals surface area contributed by atoms with Gasteiger partial charge in [-0.3, -0.25) is 9.59 Å². The standard InChI is InChI=1S/C18H25FN2O2/c1-13(2)18(23)20-15-9-11-21(12-10-15)17(22)8-7-14-5-3-4-6-16(14)19/h3-6,13,15H,7-12H2,1-2H3,(H,20,23). The van der Waals surface area contributed by atoms with Crippen LogP contribution in [0.2, 0.25) is 0 Å². The van der Waals surface area contributed by atoms with Crippen LogP contribution in [-0.2, 0) is 16.0 Å². The molecule has 1 aromatic carbocycles. The number of nitrogens with one attached hydrogen (secondary N) is 1. The summed E-state index contributed by atoms with van der Waals surface area (Å²) in [6.45, 7) is 5.05. The summed E-state index contributed by atoms with van der Waals surface area (Å²) >= 11 is 0. The van der Waals surface area contributed by atoms with Crippen LogP contribution in [0, 0.1) is 11.7 Å². The molecule has 1 aromatic rings. The van der Waals surface area contributed by atoms with Gasteiger partial charge in [0.1, 0.15) is 5.82 Å². The lowest BCUT2D eigenvalue weighted by Gasteiger charge is -2.32. The van der Waals surface area contributed by atoms with Crippen LogP contribution in [0.1, 0.15) is 38.7 Å². The number of likely N-dealkylation sites (tertiary alicyclic amines) is 1. The van der Waals surface area contributed by atoms with E-state index < -0.39 is 0 Å². The predicted octanol–water partition coefficient (Wildman–Crippen LogP) is 2.52. The number of nitrogens with zero attached hydrogens (tertiary/aromatic N) is 1. The van der Waals surface area contributed by atoms with E-state index in [-0.39, 0.29) is 29.6 Å². The van der Waals surface area contributed by atoms with Crippen LogP contribution in [-0.4, -0.2) is 35.8 Å². The van der Waals surface area contributed by atoms with Crippen molar-refractivity contribution in [3.05, 3.63) is 35.6 Å². The first-order valence-electron chi connectivity index (χ1n) is 8.29. The molecule has 1 aliphatic heterocycles. The number of carbonyl (C=O) groups is 2. The van der Waals surface area contributed by atoms with Gasteiger partial charge in [0, 0.05) is 31.5 Å². The van der Waals surface area contributed by atoms with E-state index in [1.165, 1.54) is 6.07 Å². The average molecular weight is 320 g/mol. The highest BCUT2D eigenvalue weighted by atomic mass is 19.1. The Kier molecular flexibility index (Phi) is 6.13. The molecular weight excluding hydrogens is 295 g/mol. The second-order valence-corrected chi connectivity index (χ2v) is 6.41. The Labute approximate surface area is 137 Å². The Balaban J connectivity index is 1.75. The lowest BCUT2D eigenvalue weighted by molar-refractivity contribution is -0.132. The van der Waals surface area contributed by atoms with Crippen molar-refractivity contribution in [3.63, 3.8) is 0 Å². The van der Waals surface area contributed by atoms with Gasteiger partial charge in [-0.25, -0.2) is 4.39 Å². The monoisotopic (exact) mass is 320 g/mol. The third-order valence-corrected chi connectivity index (χ3v) is 4.28. The molecule has 0 aliphatic carbocycles. The van der Waals surface area contributed by atoms with Crippen LogP contribution in [0.4, 0.5) is 4.39 Å². The zero-order valence-corrected chi connectivity index (χ0v) is 13.8. The van der Waals surface area contributed by atoms with E-state index in [4.69, 9.17) is 0 Å². The van der Waals surface area contributed by atoms with Gasteiger partial charge < -0.3 is 10.2 Å². The SMILES string of the molecule is CC(C)C(=O)NC1CCN(C(=O)CCc2ccccc2F)CC1. The lowest BCUT2D eigenvalue weighted by Crippen LogP contribution is -2.47. The van der Waals surface area contributed by atoms with Gasteiger partial charge >= 0.3 is 0 Å². The first-order chi connectivity index (χ1) is 11.0. The molecule has 0 bridgehead atoms. The molecule has 5 heteroatoms. The molecule has 1 saturated heterocycles. The van der Waals surface area contributed by atoms with Crippen molar-refractivity contribution in [3.8, 4) is 0 Å². The number of aryl methyl sites for hydroxylation is 1. The Bertz CT molecular complexity index is 552. The molecule has 1 aliphatic rings. The van der Waals surface area contributed by atoms with E-state index in [1.807, 2.05) is 18.7 Å². The van der Waals surface area contributed by atoms with E-state index in [2.05, 4.69) is 5.32 Å². The van der Waals surface area contributed by atoms with Crippen molar-refractivity contribution in [2.75, 3.05) is 13.1 Å². The molecule has 126 valence electrons. The fourth-order valence-corrected chi connectivity index (χ4v) is 2.74. The maximum atomic E-state index is 13.6. The summed E-state index contributed by atoms with van der Waals surface area (Å²) in [7, 11) is 0. The van der Waals surface area contributed by atoms with Gasteiger partial charge in [-0.15, -0.1) is 0 Å². The number of halogens is 1. The number of benzene rings is 1. The van der Waals surface area contributed by atoms with Gasteiger partial charge in [0.25, 0.3) is 0 Å². The molecule has 1 heterocycles. The summed E-state index contributed by atoms with van der Waals surface area (Å²) in [5.74, 6) is -0.151. The third-order valence-electron chi connectivity index (χ3n) is 4.28. The molecule has 4 nitrogen and oxygen atoms in total. The molecule has 0 atom stereocenters. The van der Waals surface area contributed by atoms with Crippen LogP contribution in [0.5, 0.6) is 0 Å². The number of hydrogen-bond donors (Lipinski definition) is 1. The van der Waals surface area contributed by atoms with Gasteiger partial charge in [0.05, 0.1) is 0 Å². The van der Waals surface area contributed by atoms with Gasteiger partial charge in [-0.05, 0) is 30.9 Å². The van der Waals surface area contributed by atoms with Crippen molar-refractivity contribution >= 4 is 11.8 Å². The van der Waals surface area contributed by atoms with Crippen LogP contribution in [0.15, 0.2) is 24.3 Å². The molecule has 1 fully saturated rings. The van der Waals surface area contributed by atoms with Gasteiger partial charge in [0.2, 0.25) is 11.8 Å². The molecule has 0 saturated carbocycles. The number of rotatable bonds is 5. The quantitative estimate of drug-likeness (QED) is 0.906. The second-order valence-electron chi connectivity index (χ2n) is 6.41. The summed E-state index contributed by atoms with van der Waals surface area (Å²) in [5, 5.41) is 3.02. The molecular formula is C18H25FN2O2. The number of carbonyl (C=O) groups excluding carboxylic acids is 2. The summed E-state index contributed by atoms with van der Waals surface area (Å²) in [6.07, 6.45) is 2.31. The fraction of sp³-hybridized carbons (Fsp3) is 0.556. The number of piperidine rings is 1. The molecule has 0 aromatic heterocycles. The van der Waals surface area contributed by atoms with Crippen LogP contribution >= 0.6 is 0 Å². The minimum absolute atomic E-state index is 0.0181. The van der Waals surface area contributed by atoms with Crippen molar-refractivity contribution in [1.82, 2.24) is 10.2 Å². The normalized spacial score (nSPS) is 15.7. The average Bonchev–Trinajstić information content (AvgIpc) is 2.54. The van der Waals surface area contributed by atoms with E-state index in [9.17, 15) is 14.0 Å². The van der Waals surface area contributed by atoms with Crippen molar-refractivity contribution < 1.29 is 14.0 Å². The molecule has 2 amide bonds. The third kappa shape index (κ3) is 5.05. The Morgan fingerprint density at radius 2 is 1.91 bits per heavy atom. The smallest absolute Gasteiger partial charge is 0.222 e. The highest BCUT2D eigenvalue weighted by Crippen LogP contribution is 2.14. The summed E-state index contributed by atoms with van der Waals surface area (Å²) in [4.78, 5) is 25.7. The minimum Gasteiger partial charge on any atom is -0.353 e. The van der Waals surface area contributed by atoms with Crippen molar-refractivity contribution in [2.45, 2.75) is 45.6 Å². The highest BCUT2D eigenvalue weighted by Gasteiger charge is 2.24. The van der Waals surface area contributed by atoms with E-state index in [0.29, 0.717) is 31.5 Å². The Morgan fingerprint density at radius 3 is 2.52 bits per heavy atom. The molecule has 0 radical (unpaired) electrons. The van der Waals surface area contributed by atoms with Crippen LogP contribution in [0.3, 0.4) is 0 Å². The zero-order valence-electron chi connectivity index (χ0n) is 13.8.